The van der Waals surface area contributed by atoms with Crippen molar-refractivity contribution < 1.29 is 32.7 Å². The summed E-state index contributed by atoms with van der Waals surface area (Å²) in [5.41, 5.74) is -1.88. The van der Waals surface area contributed by atoms with E-state index in [-0.39, 0.29) is 38.8 Å². The van der Waals surface area contributed by atoms with Gasteiger partial charge in [0, 0.05) is 54.7 Å². The third-order valence-electron chi connectivity index (χ3n) is 11.0. The van der Waals surface area contributed by atoms with Gasteiger partial charge in [0.05, 0.1) is 51.5 Å². The normalized spacial score (nSPS) is 34.9. The Kier molecular flexibility index (Phi) is 31.2. The SMILES string of the molecule is CC1C2=C(OP(P(P)P)P(PP)P(P)P)C(=O)[C@]3(C)[C@@H](OP(P(P)P)P(P)P)C[C@H]4OC[C@@]4(O)[C@H]3[C@H](OPP)C(C[C@@H]1OP(P(P)P(P)P)P(P(P)P)P(P)P)C2(C)C. The highest BCUT2D eigenvalue weighted by Gasteiger charge is 2.73. The van der Waals surface area contributed by atoms with Crippen LogP contribution in [0.15, 0.2) is 11.3 Å². The van der Waals surface area contributed by atoms with Crippen molar-refractivity contribution in [1.29, 1.82) is 0 Å². The summed E-state index contributed by atoms with van der Waals surface area (Å²) in [5, 5.41) is 13.1. The average molecular weight is 1410 g/mol. The number of ether oxygens (including phenoxy) is 1. The molecule has 2 bridgehead atoms. The van der Waals surface area contributed by atoms with E-state index in [1.807, 2.05) is 0 Å². The highest BCUT2D eigenvalue weighted by Crippen LogP contribution is 3.18. The largest absolute Gasteiger partial charge is 0.460 e. The Bertz CT molecular complexity index is 1440. The number of carbonyl (C=O) groups is 1. The minimum absolute atomic E-state index is 0.0454. The zero-order chi connectivity index (χ0) is 44.9. The lowest BCUT2D eigenvalue weighted by Crippen LogP contribution is -2.77. The molecule has 0 spiro atoms. The lowest BCUT2D eigenvalue weighted by Gasteiger charge is -2.66. The number of carbonyl (C=O) groups excluding carboxylic acids is 1. The van der Waals surface area contributed by atoms with Crippen molar-refractivity contribution in [2.75, 3.05) is 6.61 Å². The Morgan fingerprint density at radius 2 is 1.31 bits per heavy atom. The molecule has 0 aromatic carbocycles. The second-order valence-electron chi connectivity index (χ2n) is 14.7. The summed E-state index contributed by atoms with van der Waals surface area (Å²) in [6.07, 6.45) is -0.395. The van der Waals surface area contributed by atoms with Crippen molar-refractivity contribution in [3.63, 3.8) is 0 Å². The zero-order valence-electron chi connectivity index (χ0n) is 32.7. The molecular weight excluding hydrogens is 1340 g/mol. The Balaban J connectivity index is 2.13. The highest BCUT2D eigenvalue weighted by atomic mass is 33.2. The third kappa shape index (κ3) is 14.9. The summed E-state index contributed by atoms with van der Waals surface area (Å²) in [4.78, 5) is 16.6. The van der Waals surface area contributed by atoms with Gasteiger partial charge >= 0.3 is 0 Å². The highest BCUT2D eigenvalue weighted by molar-refractivity contribution is 9.19. The first-order valence-corrected chi connectivity index (χ1v) is 72.0. The molecule has 0 amide bonds. The molecule has 1 N–H and O–H groups in total. The van der Waals surface area contributed by atoms with Gasteiger partial charge in [-0.25, -0.2) is 0 Å². The lowest BCUT2D eigenvalue weighted by molar-refractivity contribution is -0.326. The number of fused-ring (bicyclic) bond motifs is 5. The molecule has 25 unspecified atom stereocenters. The maximum absolute atomic E-state index is 16.6. The van der Waals surface area contributed by atoms with E-state index >= 15 is 4.79 Å². The fraction of sp³-hybridized carbons (Fsp3) is 0.850. The number of aliphatic hydroxyl groups is 1. The molecule has 2 saturated carbocycles. The van der Waals surface area contributed by atoms with Crippen molar-refractivity contribution >= 4 is 266 Å². The molecular formula is C20H62O7P32. The first-order valence-electron chi connectivity index (χ1n) is 17.1. The van der Waals surface area contributed by atoms with Crippen LogP contribution in [0, 0.1) is 28.6 Å². The summed E-state index contributed by atoms with van der Waals surface area (Å²) in [6, 6.07) is 0. The summed E-state index contributed by atoms with van der Waals surface area (Å²) in [6.45, 7) is 4.11. The minimum Gasteiger partial charge on any atom is -0.460 e. The van der Waals surface area contributed by atoms with Gasteiger partial charge in [-0.3, -0.25) is 4.79 Å². The minimum atomic E-state index is -1.27. The molecule has 7 nitrogen and oxygen atoms in total. The van der Waals surface area contributed by atoms with Crippen LogP contribution >= 0.6 is 261 Å². The number of allylic oxidation sites excluding steroid dienone is 1. The molecule has 3 fully saturated rings. The molecule has 39 heteroatoms. The molecule has 32 atom stereocenters. The molecule has 0 radical (unpaired) electrons. The van der Waals surface area contributed by atoms with Gasteiger partial charge in [-0.05, 0) is 72.2 Å². The van der Waals surface area contributed by atoms with Crippen LogP contribution in [0.4, 0.5) is 0 Å². The number of Topliss-reactive ketones (excluding diaryl/α,β-unsaturated/α-hetero) is 1. The topological polar surface area (TPSA) is 83.5 Å². The molecule has 4 rings (SSSR count). The molecule has 344 valence electrons. The van der Waals surface area contributed by atoms with E-state index in [9.17, 15) is 5.11 Å². The molecule has 0 aromatic heterocycles. The van der Waals surface area contributed by atoms with E-state index in [4.69, 9.17) is 22.8 Å². The molecule has 1 heterocycles. The van der Waals surface area contributed by atoms with Crippen LogP contribution in [-0.2, 0) is 27.6 Å². The first-order chi connectivity index (χ1) is 27.2. The second-order valence-corrected chi connectivity index (χ2v) is 123. The van der Waals surface area contributed by atoms with Gasteiger partial charge in [0.15, 0.2) is 13.3 Å². The quantitative estimate of drug-likeness (QED) is 0.129. The van der Waals surface area contributed by atoms with Crippen LogP contribution < -0.4 is 0 Å². The van der Waals surface area contributed by atoms with Crippen LogP contribution in [0.1, 0.15) is 40.5 Å². The number of hydrogen-bond acceptors (Lipinski definition) is 7. The monoisotopic (exact) mass is 1410 g/mol. The molecule has 3 aliphatic carbocycles. The van der Waals surface area contributed by atoms with Crippen molar-refractivity contribution in [3.8, 4) is 0 Å². The number of rotatable bonds is 19. The molecule has 1 saturated heterocycles. The summed E-state index contributed by atoms with van der Waals surface area (Å²) in [7, 11) is 50.1. The van der Waals surface area contributed by atoms with Gasteiger partial charge in [-0.2, -0.15) is 0 Å². The van der Waals surface area contributed by atoms with Crippen molar-refractivity contribution in [2.45, 2.75) is 70.6 Å². The predicted octanol–water partition coefficient (Wildman–Crippen LogP) is 19.6. The van der Waals surface area contributed by atoms with E-state index in [2.05, 4.69) is 179 Å². The number of hydrogen-bond donors (Lipinski definition) is 1. The van der Waals surface area contributed by atoms with Crippen molar-refractivity contribution in [3.05, 3.63) is 11.3 Å². The smallest absolute Gasteiger partial charge is 0.206 e. The van der Waals surface area contributed by atoms with Gasteiger partial charge in [-0.1, -0.05) is 64.4 Å². The summed E-state index contributed by atoms with van der Waals surface area (Å²) >= 11 is 0. The average Bonchev–Trinajstić information content (AvgIpc) is 3.11. The van der Waals surface area contributed by atoms with E-state index in [0.29, 0.717) is 20.1 Å². The maximum atomic E-state index is 16.6. The van der Waals surface area contributed by atoms with E-state index in [1.54, 1.807) is 0 Å². The Hall–Kier alpha value is 12.8. The molecule has 0 aromatic rings. The van der Waals surface area contributed by atoms with Crippen LogP contribution in [-0.4, -0.2) is 47.5 Å². The fourth-order valence-corrected chi connectivity index (χ4v) is 204. The maximum Gasteiger partial charge on any atom is 0.206 e. The lowest BCUT2D eigenvalue weighted by atomic mass is 9.46. The third-order valence-corrected chi connectivity index (χ3v) is 152. The van der Waals surface area contributed by atoms with E-state index in [1.165, 1.54) is 0 Å². The van der Waals surface area contributed by atoms with Crippen LogP contribution in [0.2, 0.25) is 0 Å². The van der Waals surface area contributed by atoms with Gasteiger partial charge in [0.25, 0.3) is 0 Å². The summed E-state index contributed by atoms with van der Waals surface area (Å²) < 4.78 is 36.1. The van der Waals surface area contributed by atoms with Gasteiger partial charge < -0.3 is 27.9 Å². The Labute approximate surface area is 412 Å². The number of ketones is 1. The predicted molar refractivity (Wildman–Crippen MR) is 361 cm³/mol. The van der Waals surface area contributed by atoms with Crippen LogP contribution in [0.25, 0.3) is 0 Å². The first kappa shape index (κ1) is 64.3. The van der Waals surface area contributed by atoms with E-state index < -0.39 is 133 Å². The van der Waals surface area contributed by atoms with Gasteiger partial charge in [0.2, 0.25) is 5.78 Å². The van der Waals surface area contributed by atoms with Crippen molar-refractivity contribution in [1.82, 2.24) is 0 Å². The fourth-order valence-electron chi connectivity index (χ4n) is 8.47. The Morgan fingerprint density at radius 3 is 1.73 bits per heavy atom. The molecule has 59 heavy (non-hydrogen) atoms. The van der Waals surface area contributed by atoms with Crippen LogP contribution in [0.5, 0.6) is 0 Å². The van der Waals surface area contributed by atoms with Gasteiger partial charge in [0.1, 0.15) is 5.60 Å². The molecule has 4 aliphatic rings. The van der Waals surface area contributed by atoms with Gasteiger partial charge in [-0.15, -0.1) is 116 Å². The summed E-state index contributed by atoms with van der Waals surface area (Å²) in [5.74, 6) is -0.308. The zero-order valence-corrected chi connectivity index (χ0v) is 65.9. The van der Waals surface area contributed by atoms with E-state index in [0.717, 1.165) is 12.0 Å². The molecule has 1 aliphatic heterocycles. The van der Waals surface area contributed by atoms with Crippen LogP contribution in [0.3, 0.4) is 0 Å². The second kappa shape index (κ2) is 28.6. The van der Waals surface area contributed by atoms with Crippen molar-refractivity contribution in [2.24, 2.45) is 28.6 Å². The Morgan fingerprint density at radius 1 is 0.746 bits per heavy atom. The standard InChI is InChI=1S/C20H62O7P32/c1-8-10(25-49(57(44)53(36)37)59(55(40)41)56(42)43)5-9-14(24-45-28)16-19(4,11(6-12-20(16,22)7-23-12)26-47(50(30)31)51(32)33)17(21)15(13(8)18(9,2)3)27-48(52(34)35)58(46-29)54(38)39/h8-12,14,16,22,45-46H,5-7,28-44H2,1-4H3/t8?,9?,10-,11-,12+,14+,16-,19+,20-,48?,49?,57?,58?/m0/s1.